The van der Waals surface area contributed by atoms with Crippen LogP contribution in [0, 0.1) is 0 Å². The van der Waals surface area contributed by atoms with Crippen LogP contribution in [0.4, 0.5) is 0 Å². The van der Waals surface area contributed by atoms with Crippen molar-refractivity contribution in [3.05, 3.63) is 52.0 Å². The molecule has 0 aliphatic carbocycles. The molecule has 1 N–H and O–H groups in total. The highest BCUT2D eigenvalue weighted by atomic mass is 35.5. The second-order valence-corrected chi connectivity index (χ2v) is 7.13. The van der Waals surface area contributed by atoms with Gasteiger partial charge in [-0.05, 0) is 42.8 Å². The van der Waals surface area contributed by atoms with Gasteiger partial charge in [0.15, 0.2) is 11.5 Å². The van der Waals surface area contributed by atoms with Crippen LogP contribution in [0.5, 0.6) is 11.5 Å². The van der Waals surface area contributed by atoms with Crippen molar-refractivity contribution in [3.63, 3.8) is 0 Å². The van der Waals surface area contributed by atoms with Gasteiger partial charge in [0.05, 0.1) is 16.8 Å². The zero-order valence-corrected chi connectivity index (χ0v) is 15.2. The van der Waals surface area contributed by atoms with E-state index in [4.69, 9.17) is 32.7 Å². The van der Waals surface area contributed by atoms with Gasteiger partial charge in [-0.3, -0.25) is 4.79 Å². The van der Waals surface area contributed by atoms with Gasteiger partial charge in [-0.1, -0.05) is 29.3 Å². The molecule has 4 nitrogen and oxygen atoms in total. The number of hydrogen-bond acceptors (Lipinski definition) is 4. The molecule has 7 heteroatoms. The monoisotopic (exact) mass is 383 g/mol. The molecule has 0 bridgehead atoms. The number of benzene rings is 2. The Bertz CT molecular complexity index is 769. The third-order valence-corrected chi connectivity index (χ3v) is 5.26. The van der Waals surface area contributed by atoms with E-state index in [1.165, 1.54) is 11.8 Å². The highest BCUT2D eigenvalue weighted by Crippen LogP contribution is 2.34. The molecule has 2 aromatic rings. The number of ether oxygens (including phenoxy) is 2. The molecule has 1 atom stereocenters. The Kier molecular flexibility index (Phi) is 5.43. The summed E-state index contributed by atoms with van der Waals surface area (Å²) in [7, 11) is 0. The first-order valence-corrected chi connectivity index (χ1v) is 9.04. The highest BCUT2D eigenvalue weighted by molar-refractivity contribution is 8.00. The van der Waals surface area contributed by atoms with Gasteiger partial charge in [-0.25, -0.2) is 0 Å². The van der Waals surface area contributed by atoms with Gasteiger partial charge in [-0.2, -0.15) is 0 Å². The van der Waals surface area contributed by atoms with Crippen LogP contribution in [-0.4, -0.2) is 18.5 Å². The number of carbonyl (C=O) groups is 1. The molecule has 0 aromatic heterocycles. The van der Waals surface area contributed by atoms with E-state index >= 15 is 0 Å². The van der Waals surface area contributed by atoms with Crippen molar-refractivity contribution < 1.29 is 14.3 Å². The molecule has 0 saturated heterocycles. The predicted octanol–water partition coefficient (Wildman–Crippen LogP) is 4.69. The van der Waals surface area contributed by atoms with Gasteiger partial charge >= 0.3 is 0 Å². The van der Waals surface area contributed by atoms with Crippen molar-refractivity contribution in [3.8, 4) is 11.5 Å². The molecule has 1 aliphatic rings. The normalized spacial score (nSPS) is 13.6. The first kappa shape index (κ1) is 17.3. The predicted molar refractivity (Wildman–Crippen MR) is 96.3 cm³/mol. The van der Waals surface area contributed by atoms with Crippen LogP contribution in [0.25, 0.3) is 0 Å². The van der Waals surface area contributed by atoms with E-state index in [0.717, 1.165) is 16.2 Å². The van der Waals surface area contributed by atoms with Crippen LogP contribution in [0.3, 0.4) is 0 Å². The Morgan fingerprint density at radius 2 is 2.00 bits per heavy atom. The molecule has 1 heterocycles. The standard InChI is InChI=1S/C17H15Cl2NO3S/c1-10(11-2-5-14-15(6-11)23-9-22-14)20-17(21)8-24-16-7-12(18)3-4-13(16)19/h2-7,10H,8-9H2,1H3,(H,20,21). The van der Waals surface area contributed by atoms with E-state index in [-0.39, 0.29) is 24.5 Å². The molecule has 0 saturated carbocycles. The largest absolute Gasteiger partial charge is 0.454 e. The molecule has 24 heavy (non-hydrogen) atoms. The van der Waals surface area contributed by atoms with Gasteiger partial charge in [0.2, 0.25) is 12.7 Å². The molecule has 126 valence electrons. The van der Waals surface area contributed by atoms with Crippen molar-refractivity contribution in [1.82, 2.24) is 5.32 Å². The molecule has 0 radical (unpaired) electrons. The molecular formula is C17H15Cl2NO3S. The average Bonchev–Trinajstić information content (AvgIpc) is 3.03. The van der Waals surface area contributed by atoms with Gasteiger partial charge in [0.25, 0.3) is 0 Å². The summed E-state index contributed by atoms with van der Waals surface area (Å²) in [6.07, 6.45) is 0. The Labute approximate surface area is 154 Å². The SMILES string of the molecule is CC(NC(=O)CSc1cc(Cl)ccc1Cl)c1ccc2c(c1)OCO2. The average molecular weight is 384 g/mol. The van der Waals surface area contributed by atoms with Crippen molar-refractivity contribution in [1.29, 1.82) is 0 Å². The minimum atomic E-state index is -0.137. The van der Waals surface area contributed by atoms with Crippen molar-refractivity contribution >= 4 is 40.9 Å². The van der Waals surface area contributed by atoms with Crippen LogP contribution >= 0.6 is 35.0 Å². The molecule has 0 fully saturated rings. The molecule has 2 aromatic carbocycles. The summed E-state index contributed by atoms with van der Waals surface area (Å²) in [4.78, 5) is 13.0. The van der Waals surface area contributed by atoms with Gasteiger partial charge in [-0.15, -0.1) is 11.8 Å². The maximum absolute atomic E-state index is 12.2. The zero-order chi connectivity index (χ0) is 17.1. The van der Waals surface area contributed by atoms with E-state index in [1.807, 2.05) is 25.1 Å². The first-order valence-electron chi connectivity index (χ1n) is 7.29. The lowest BCUT2D eigenvalue weighted by Crippen LogP contribution is -2.28. The highest BCUT2D eigenvalue weighted by Gasteiger charge is 2.17. The Morgan fingerprint density at radius 3 is 2.83 bits per heavy atom. The summed E-state index contributed by atoms with van der Waals surface area (Å²) in [6, 6.07) is 10.7. The second-order valence-electron chi connectivity index (χ2n) is 5.27. The van der Waals surface area contributed by atoms with Crippen LogP contribution in [0.2, 0.25) is 10.0 Å². The van der Waals surface area contributed by atoms with Crippen LogP contribution in [0.15, 0.2) is 41.3 Å². The van der Waals surface area contributed by atoms with E-state index in [1.54, 1.807) is 18.2 Å². The van der Waals surface area contributed by atoms with E-state index in [0.29, 0.717) is 15.8 Å². The van der Waals surface area contributed by atoms with Crippen LogP contribution in [-0.2, 0) is 4.79 Å². The van der Waals surface area contributed by atoms with E-state index in [9.17, 15) is 4.79 Å². The maximum Gasteiger partial charge on any atom is 0.231 e. The van der Waals surface area contributed by atoms with Gasteiger partial charge in [0.1, 0.15) is 0 Å². The first-order chi connectivity index (χ1) is 11.5. The fraction of sp³-hybridized carbons (Fsp3) is 0.235. The summed E-state index contributed by atoms with van der Waals surface area (Å²) in [5.74, 6) is 1.60. The molecule has 0 spiro atoms. The Morgan fingerprint density at radius 1 is 1.21 bits per heavy atom. The number of nitrogens with one attached hydrogen (secondary N) is 1. The molecule has 1 aliphatic heterocycles. The molecular weight excluding hydrogens is 369 g/mol. The number of hydrogen-bond donors (Lipinski definition) is 1. The molecule has 1 unspecified atom stereocenters. The fourth-order valence-electron chi connectivity index (χ4n) is 2.28. The van der Waals surface area contributed by atoms with Crippen LogP contribution in [0.1, 0.15) is 18.5 Å². The number of rotatable bonds is 5. The zero-order valence-electron chi connectivity index (χ0n) is 12.8. The summed E-state index contributed by atoms with van der Waals surface area (Å²) < 4.78 is 10.6. The lowest BCUT2D eigenvalue weighted by molar-refractivity contribution is -0.119. The number of amides is 1. The minimum Gasteiger partial charge on any atom is -0.454 e. The summed E-state index contributed by atoms with van der Waals surface area (Å²) in [5.41, 5.74) is 0.957. The minimum absolute atomic E-state index is 0.0822. The van der Waals surface area contributed by atoms with Crippen LogP contribution < -0.4 is 14.8 Å². The van der Waals surface area contributed by atoms with Gasteiger partial charge < -0.3 is 14.8 Å². The molecule has 1 amide bonds. The maximum atomic E-state index is 12.2. The fourth-order valence-corrected chi connectivity index (χ4v) is 3.58. The van der Waals surface area contributed by atoms with E-state index < -0.39 is 0 Å². The van der Waals surface area contributed by atoms with E-state index in [2.05, 4.69) is 5.32 Å². The quantitative estimate of drug-likeness (QED) is 0.760. The number of thioether (sulfide) groups is 1. The summed E-state index contributed by atoms with van der Waals surface area (Å²) in [6.45, 7) is 2.16. The van der Waals surface area contributed by atoms with Crippen molar-refractivity contribution in [2.24, 2.45) is 0 Å². The summed E-state index contributed by atoms with van der Waals surface area (Å²) >= 11 is 13.4. The number of carbonyl (C=O) groups excluding carboxylic acids is 1. The van der Waals surface area contributed by atoms with Gasteiger partial charge in [0, 0.05) is 9.92 Å². The lowest BCUT2D eigenvalue weighted by atomic mass is 10.1. The number of fused-ring (bicyclic) bond motifs is 1. The number of halogens is 2. The lowest BCUT2D eigenvalue weighted by Gasteiger charge is -2.15. The van der Waals surface area contributed by atoms with Crippen molar-refractivity contribution in [2.45, 2.75) is 17.9 Å². The molecule has 3 rings (SSSR count). The van der Waals surface area contributed by atoms with Crippen molar-refractivity contribution in [2.75, 3.05) is 12.5 Å². The smallest absolute Gasteiger partial charge is 0.231 e. The summed E-state index contributed by atoms with van der Waals surface area (Å²) in [5, 5.41) is 4.14. The second kappa shape index (κ2) is 7.55. The third-order valence-electron chi connectivity index (χ3n) is 3.53. The topological polar surface area (TPSA) is 47.6 Å². The third kappa shape index (κ3) is 4.09. The Balaban J connectivity index is 1.57. The Hall–Kier alpha value is -1.56.